The molecule has 0 bridgehead atoms. The average molecular weight is 552 g/mol. The SMILES string of the molecule is O=C1[C@H](CCc2cccc(C(F)(F)F)c2)CCN1C1CCC2(CC1CS(=O)(=O)c1ccccc1)OCCO2. The van der Waals surface area contributed by atoms with Crippen LogP contribution in [-0.4, -0.2) is 56.6 Å². The first kappa shape index (κ1) is 27.1. The van der Waals surface area contributed by atoms with Gasteiger partial charge in [0.1, 0.15) is 0 Å². The van der Waals surface area contributed by atoms with Crippen molar-refractivity contribution < 1.29 is 35.9 Å². The highest BCUT2D eigenvalue weighted by Crippen LogP contribution is 2.43. The van der Waals surface area contributed by atoms with E-state index in [2.05, 4.69) is 0 Å². The fourth-order valence-electron chi connectivity index (χ4n) is 6.19. The van der Waals surface area contributed by atoms with Crippen molar-refractivity contribution in [2.24, 2.45) is 11.8 Å². The van der Waals surface area contributed by atoms with Gasteiger partial charge >= 0.3 is 6.18 Å². The van der Waals surface area contributed by atoms with E-state index in [1.165, 1.54) is 6.07 Å². The van der Waals surface area contributed by atoms with E-state index in [-0.39, 0.29) is 34.4 Å². The molecule has 3 aliphatic rings. The maximum atomic E-state index is 13.5. The van der Waals surface area contributed by atoms with E-state index < -0.39 is 27.4 Å². The van der Waals surface area contributed by atoms with Gasteiger partial charge in [0.15, 0.2) is 15.6 Å². The molecule has 0 N–H and O–H groups in total. The molecular weight excluding hydrogens is 519 g/mol. The van der Waals surface area contributed by atoms with Gasteiger partial charge < -0.3 is 14.4 Å². The summed E-state index contributed by atoms with van der Waals surface area (Å²) in [7, 11) is -3.60. The first-order valence-electron chi connectivity index (χ1n) is 13.1. The Balaban J connectivity index is 1.29. The molecule has 0 radical (unpaired) electrons. The highest BCUT2D eigenvalue weighted by Gasteiger charge is 2.50. The normalized spacial score (nSPS) is 25.8. The molecule has 38 heavy (non-hydrogen) atoms. The summed E-state index contributed by atoms with van der Waals surface area (Å²) in [5, 5.41) is 0. The fraction of sp³-hybridized carbons (Fsp3) is 0.536. The molecule has 2 aliphatic heterocycles. The van der Waals surface area contributed by atoms with Crippen molar-refractivity contribution in [1.82, 2.24) is 4.90 Å². The van der Waals surface area contributed by atoms with Crippen molar-refractivity contribution in [3.05, 3.63) is 65.7 Å². The molecule has 2 unspecified atom stereocenters. The number of halogens is 3. The summed E-state index contributed by atoms with van der Waals surface area (Å²) in [6, 6.07) is 13.3. The number of ether oxygens (including phenoxy) is 2. The van der Waals surface area contributed by atoms with E-state index >= 15 is 0 Å². The first-order valence-corrected chi connectivity index (χ1v) is 14.7. The van der Waals surface area contributed by atoms with Crippen molar-refractivity contribution in [3.8, 4) is 0 Å². The summed E-state index contributed by atoms with van der Waals surface area (Å²) < 4.78 is 77.7. The summed E-state index contributed by atoms with van der Waals surface area (Å²) in [5.41, 5.74) is -0.141. The summed E-state index contributed by atoms with van der Waals surface area (Å²) in [5.74, 6) is -1.63. The predicted octanol–water partition coefficient (Wildman–Crippen LogP) is 4.87. The van der Waals surface area contributed by atoms with Gasteiger partial charge in [-0.15, -0.1) is 0 Å². The molecule has 2 heterocycles. The summed E-state index contributed by atoms with van der Waals surface area (Å²) in [6.45, 7) is 1.43. The van der Waals surface area contributed by atoms with E-state index in [0.717, 1.165) is 12.1 Å². The number of nitrogens with zero attached hydrogens (tertiary/aromatic N) is 1. The monoisotopic (exact) mass is 551 g/mol. The Morgan fingerprint density at radius 3 is 2.45 bits per heavy atom. The lowest BCUT2D eigenvalue weighted by Gasteiger charge is -2.44. The molecule has 1 amide bonds. The van der Waals surface area contributed by atoms with Crippen molar-refractivity contribution >= 4 is 15.7 Å². The largest absolute Gasteiger partial charge is 0.416 e. The third-order valence-electron chi connectivity index (χ3n) is 8.07. The molecule has 2 aromatic rings. The molecule has 5 rings (SSSR count). The van der Waals surface area contributed by atoms with Gasteiger partial charge in [-0.1, -0.05) is 36.4 Å². The van der Waals surface area contributed by atoms with E-state index in [0.29, 0.717) is 63.8 Å². The van der Waals surface area contributed by atoms with Crippen molar-refractivity contribution in [2.45, 2.75) is 61.4 Å². The number of alkyl halides is 3. The zero-order valence-electron chi connectivity index (χ0n) is 21.0. The molecule has 2 aromatic carbocycles. The van der Waals surface area contributed by atoms with Gasteiger partial charge in [-0.3, -0.25) is 4.79 Å². The number of benzene rings is 2. The van der Waals surface area contributed by atoms with Gasteiger partial charge in [0.05, 0.1) is 29.4 Å². The van der Waals surface area contributed by atoms with Crippen LogP contribution in [0.4, 0.5) is 13.2 Å². The highest BCUT2D eigenvalue weighted by atomic mass is 32.2. The number of hydrogen-bond acceptors (Lipinski definition) is 5. The standard InChI is InChI=1S/C28H32F3NO5S/c29-28(30,31)23-6-4-5-20(17-23)9-10-21-12-14-32(26(21)33)25-11-13-27(36-15-16-37-27)18-22(25)19-38(34,35)24-7-2-1-3-8-24/h1-8,17,21-22,25H,9-16,18-19H2/t21-,22?,25?/m1/s1. The van der Waals surface area contributed by atoms with Crippen molar-refractivity contribution in [2.75, 3.05) is 25.5 Å². The quantitative estimate of drug-likeness (QED) is 0.491. The minimum atomic E-state index is -4.41. The van der Waals surface area contributed by atoms with Crippen LogP contribution in [0.5, 0.6) is 0 Å². The second-order valence-electron chi connectivity index (χ2n) is 10.5. The van der Waals surface area contributed by atoms with Gasteiger partial charge in [0.2, 0.25) is 5.91 Å². The molecule has 3 atom stereocenters. The topological polar surface area (TPSA) is 72.9 Å². The number of aryl methyl sites for hydroxylation is 1. The third kappa shape index (κ3) is 5.77. The molecule has 3 fully saturated rings. The zero-order valence-corrected chi connectivity index (χ0v) is 21.8. The Bertz CT molecular complexity index is 1240. The van der Waals surface area contributed by atoms with Crippen molar-refractivity contribution in [1.29, 1.82) is 0 Å². The molecule has 1 spiro atoms. The number of carbonyl (C=O) groups excluding carboxylic acids is 1. The Kier molecular flexibility index (Phi) is 7.59. The molecule has 1 aliphatic carbocycles. The van der Waals surface area contributed by atoms with Crippen LogP contribution in [0.2, 0.25) is 0 Å². The Morgan fingerprint density at radius 2 is 1.74 bits per heavy atom. The van der Waals surface area contributed by atoms with Gasteiger partial charge in [-0.05, 0) is 55.4 Å². The number of hydrogen-bond donors (Lipinski definition) is 0. The Hall–Kier alpha value is -2.43. The average Bonchev–Trinajstić information content (AvgIpc) is 3.49. The van der Waals surface area contributed by atoms with Crippen LogP contribution in [-0.2, 0) is 36.7 Å². The number of sulfone groups is 1. The lowest BCUT2D eigenvalue weighted by atomic mass is 9.80. The number of likely N-dealkylation sites (tertiary alicyclic amines) is 1. The van der Waals surface area contributed by atoms with Crippen LogP contribution in [0.3, 0.4) is 0 Å². The maximum Gasteiger partial charge on any atom is 0.416 e. The van der Waals surface area contributed by atoms with Crippen LogP contribution in [0.1, 0.15) is 43.2 Å². The van der Waals surface area contributed by atoms with Gasteiger partial charge in [-0.25, -0.2) is 8.42 Å². The van der Waals surface area contributed by atoms with Crippen molar-refractivity contribution in [3.63, 3.8) is 0 Å². The molecule has 6 nitrogen and oxygen atoms in total. The number of carbonyl (C=O) groups is 1. The fourth-order valence-corrected chi connectivity index (χ4v) is 7.86. The van der Waals surface area contributed by atoms with Crippen LogP contribution in [0.15, 0.2) is 59.5 Å². The summed E-state index contributed by atoms with van der Waals surface area (Å²) >= 11 is 0. The molecule has 1 saturated carbocycles. The summed E-state index contributed by atoms with van der Waals surface area (Å²) in [6.07, 6.45) is -1.44. The molecule has 10 heteroatoms. The van der Waals surface area contributed by atoms with E-state index in [4.69, 9.17) is 9.47 Å². The van der Waals surface area contributed by atoms with E-state index in [1.807, 2.05) is 4.90 Å². The van der Waals surface area contributed by atoms with Gasteiger partial charge in [0, 0.05) is 31.3 Å². The molecule has 0 aromatic heterocycles. The third-order valence-corrected chi connectivity index (χ3v) is 9.93. The number of amides is 1. The Labute approximate surface area is 221 Å². The second-order valence-corrected chi connectivity index (χ2v) is 12.6. The maximum absolute atomic E-state index is 13.5. The lowest BCUT2D eigenvalue weighted by Crippen LogP contribution is -2.52. The zero-order chi connectivity index (χ0) is 27.0. The predicted molar refractivity (Wildman–Crippen MR) is 134 cm³/mol. The molecule has 2 saturated heterocycles. The highest BCUT2D eigenvalue weighted by molar-refractivity contribution is 7.91. The second kappa shape index (κ2) is 10.6. The van der Waals surface area contributed by atoms with Gasteiger partial charge in [0.25, 0.3) is 0 Å². The van der Waals surface area contributed by atoms with E-state index in [9.17, 15) is 26.4 Å². The number of rotatable bonds is 7. The first-order chi connectivity index (χ1) is 18.1. The van der Waals surface area contributed by atoms with E-state index in [1.54, 1.807) is 36.4 Å². The Morgan fingerprint density at radius 1 is 1.00 bits per heavy atom. The minimum absolute atomic E-state index is 0.0479. The van der Waals surface area contributed by atoms with Crippen LogP contribution in [0.25, 0.3) is 0 Å². The smallest absolute Gasteiger partial charge is 0.348 e. The minimum Gasteiger partial charge on any atom is -0.348 e. The van der Waals surface area contributed by atoms with Crippen LogP contribution in [0, 0.1) is 11.8 Å². The lowest BCUT2D eigenvalue weighted by molar-refractivity contribution is -0.195. The van der Waals surface area contributed by atoms with Crippen LogP contribution >= 0.6 is 0 Å². The van der Waals surface area contributed by atoms with Crippen LogP contribution < -0.4 is 0 Å². The summed E-state index contributed by atoms with van der Waals surface area (Å²) in [4.78, 5) is 15.5. The van der Waals surface area contributed by atoms with Gasteiger partial charge in [-0.2, -0.15) is 13.2 Å². The molecule has 206 valence electrons. The molecular formula is C28H32F3NO5S.